The summed E-state index contributed by atoms with van der Waals surface area (Å²) < 4.78 is 16.5. The molecule has 114 valence electrons. The van der Waals surface area contributed by atoms with Gasteiger partial charge in [-0.2, -0.15) is 0 Å². The molecule has 0 spiro atoms. The quantitative estimate of drug-likeness (QED) is 0.850. The van der Waals surface area contributed by atoms with Crippen molar-refractivity contribution in [1.82, 2.24) is 5.32 Å². The fourth-order valence-corrected chi connectivity index (χ4v) is 3.33. The van der Waals surface area contributed by atoms with E-state index in [9.17, 15) is 0 Å². The first kappa shape index (κ1) is 15.7. The summed E-state index contributed by atoms with van der Waals surface area (Å²) in [6.07, 6.45) is 0. The third-order valence-corrected chi connectivity index (χ3v) is 4.27. The number of nitrogens with one attached hydrogen (secondary N) is 1. The molecule has 1 aromatic heterocycles. The van der Waals surface area contributed by atoms with E-state index in [0.717, 1.165) is 34.2 Å². The summed E-state index contributed by atoms with van der Waals surface area (Å²) in [4.78, 5) is 1.11. The number of methoxy groups -OCH3 is 3. The maximum atomic E-state index is 5.53. The Kier molecular flexibility index (Phi) is 5.47. The smallest absolute Gasteiger partial charge is 0.134 e. The molecular weight excluding hydrogens is 286 g/mol. The molecule has 0 saturated carbocycles. The van der Waals surface area contributed by atoms with Crippen LogP contribution in [-0.4, -0.2) is 27.9 Å². The van der Waals surface area contributed by atoms with Crippen molar-refractivity contribution in [3.05, 3.63) is 40.1 Å². The summed E-state index contributed by atoms with van der Waals surface area (Å²) in [5.74, 6) is 2.48. The maximum absolute atomic E-state index is 5.53. The fraction of sp³-hybridized carbons (Fsp3) is 0.375. The average Bonchev–Trinajstić information content (AvgIpc) is 3.00. The van der Waals surface area contributed by atoms with Crippen molar-refractivity contribution < 1.29 is 14.2 Å². The minimum Gasteiger partial charge on any atom is -0.496 e. The van der Waals surface area contributed by atoms with Crippen LogP contribution in [-0.2, 0) is 0 Å². The molecule has 1 unspecified atom stereocenters. The average molecular weight is 307 g/mol. The second kappa shape index (κ2) is 7.33. The van der Waals surface area contributed by atoms with Gasteiger partial charge in [-0.15, -0.1) is 11.3 Å². The Labute approximate surface area is 129 Å². The number of benzene rings is 1. The molecule has 2 rings (SSSR count). The van der Waals surface area contributed by atoms with Gasteiger partial charge >= 0.3 is 0 Å². The summed E-state index contributed by atoms with van der Waals surface area (Å²) in [6, 6.07) is 7.77. The van der Waals surface area contributed by atoms with Crippen LogP contribution in [0.3, 0.4) is 0 Å². The predicted octanol–water partition coefficient (Wildman–Crippen LogP) is 3.47. The van der Waals surface area contributed by atoms with Crippen molar-refractivity contribution in [3.63, 3.8) is 0 Å². The summed E-state index contributed by atoms with van der Waals surface area (Å²) >= 11 is 1.66. The third kappa shape index (κ3) is 3.14. The van der Waals surface area contributed by atoms with Crippen LogP contribution in [0.2, 0.25) is 0 Å². The van der Waals surface area contributed by atoms with Crippen LogP contribution in [0.15, 0.2) is 29.6 Å². The van der Waals surface area contributed by atoms with Gasteiger partial charge in [-0.3, -0.25) is 0 Å². The molecule has 0 fully saturated rings. The molecule has 5 heteroatoms. The van der Waals surface area contributed by atoms with Crippen LogP contribution in [0.1, 0.15) is 23.4 Å². The second-order valence-corrected chi connectivity index (χ2v) is 5.37. The largest absolute Gasteiger partial charge is 0.496 e. The van der Waals surface area contributed by atoms with Gasteiger partial charge in [0, 0.05) is 0 Å². The monoisotopic (exact) mass is 307 g/mol. The molecule has 0 aliphatic carbocycles. The lowest BCUT2D eigenvalue weighted by Crippen LogP contribution is -2.22. The van der Waals surface area contributed by atoms with Crippen LogP contribution in [0.4, 0.5) is 0 Å². The van der Waals surface area contributed by atoms with Gasteiger partial charge in [0.15, 0.2) is 0 Å². The number of thiophene rings is 1. The molecule has 1 heterocycles. The van der Waals surface area contributed by atoms with Crippen molar-refractivity contribution in [2.45, 2.75) is 13.0 Å². The van der Waals surface area contributed by atoms with Gasteiger partial charge < -0.3 is 19.5 Å². The van der Waals surface area contributed by atoms with Gasteiger partial charge in [0.1, 0.15) is 17.2 Å². The molecule has 21 heavy (non-hydrogen) atoms. The van der Waals surface area contributed by atoms with E-state index in [2.05, 4.69) is 12.2 Å². The molecule has 2 aromatic rings. The second-order valence-electron chi connectivity index (χ2n) is 4.42. The van der Waals surface area contributed by atoms with E-state index in [1.165, 1.54) is 0 Å². The standard InChI is InChI=1S/C16H21NO3S/c1-5-17-15(16-13(20-4)9-10-21-16)14-11(18-2)7-6-8-12(14)19-3/h6-10,15,17H,5H2,1-4H3. The molecule has 1 atom stereocenters. The summed E-state index contributed by atoms with van der Waals surface area (Å²) in [6.45, 7) is 2.90. The van der Waals surface area contributed by atoms with Gasteiger partial charge in [-0.25, -0.2) is 0 Å². The Morgan fingerprint density at radius 1 is 1.00 bits per heavy atom. The zero-order chi connectivity index (χ0) is 15.2. The van der Waals surface area contributed by atoms with E-state index in [1.54, 1.807) is 32.7 Å². The highest BCUT2D eigenvalue weighted by molar-refractivity contribution is 7.10. The Morgan fingerprint density at radius 2 is 1.62 bits per heavy atom. The Bertz CT molecular complexity index is 560. The van der Waals surface area contributed by atoms with E-state index < -0.39 is 0 Å². The van der Waals surface area contributed by atoms with Crippen LogP contribution in [0.25, 0.3) is 0 Å². The summed E-state index contributed by atoms with van der Waals surface area (Å²) in [5.41, 5.74) is 0.991. The lowest BCUT2D eigenvalue weighted by molar-refractivity contribution is 0.374. The summed E-state index contributed by atoms with van der Waals surface area (Å²) in [5, 5.41) is 5.52. The first-order valence-corrected chi connectivity index (χ1v) is 7.70. The lowest BCUT2D eigenvalue weighted by Gasteiger charge is -2.23. The molecule has 4 nitrogen and oxygen atoms in total. The molecule has 0 bridgehead atoms. The highest BCUT2D eigenvalue weighted by atomic mass is 32.1. The van der Waals surface area contributed by atoms with Crippen LogP contribution in [0, 0.1) is 0 Å². The van der Waals surface area contributed by atoms with Crippen molar-refractivity contribution in [2.75, 3.05) is 27.9 Å². The van der Waals surface area contributed by atoms with Crippen LogP contribution < -0.4 is 19.5 Å². The van der Waals surface area contributed by atoms with E-state index in [-0.39, 0.29) is 6.04 Å². The zero-order valence-electron chi connectivity index (χ0n) is 12.8. The zero-order valence-corrected chi connectivity index (χ0v) is 13.6. The van der Waals surface area contributed by atoms with Crippen molar-refractivity contribution in [1.29, 1.82) is 0 Å². The maximum Gasteiger partial charge on any atom is 0.134 e. The molecule has 0 saturated heterocycles. The summed E-state index contributed by atoms with van der Waals surface area (Å²) in [7, 11) is 5.04. The van der Waals surface area contributed by atoms with E-state index in [1.807, 2.05) is 29.6 Å². The number of ether oxygens (including phenoxy) is 3. The first-order chi connectivity index (χ1) is 10.3. The highest BCUT2D eigenvalue weighted by Crippen LogP contribution is 2.42. The first-order valence-electron chi connectivity index (χ1n) is 6.82. The Balaban J connectivity index is 2.57. The third-order valence-electron chi connectivity index (χ3n) is 3.30. The Hall–Kier alpha value is -1.72. The Morgan fingerprint density at radius 3 is 2.14 bits per heavy atom. The van der Waals surface area contributed by atoms with Gasteiger partial charge in [-0.05, 0) is 30.1 Å². The van der Waals surface area contributed by atoms with Crippen molar-refractivity contribution >= 4 is 11.3 Å². The lowest BCUT2D eigenvalue weighted by atomic mass is 10.0. The predicted molar refractivity (Wildman–Crippen MR) is 85.9 cm³/mol. The molecule has 0 aliphatic heterocycles. The van der Waals surface area contributed by atoms with Crippen LogP contribution in [0.5, 0.6) is 17.2 Å². The highest BCUT2D eigenvalue weighted by Gasteiger charge is 2.25. The molecule has 0 amide bonds. The molecule has 1 aromatic carbocycles. The molecule has 0 aliphatic rings. The van der Waals surface area contributed by atoms with Gasteiger partial charge in [0.2, 0.25) is 0 Å². The van der Waals surface area contributed by atoms with Crippen molar-refractivity contribution in [2.24, 2.45) is 0 Å². The van der Waals surface area contributed by atoms with Gasteiger partial charge in [0.05, 0.1) is 37.8 Å². The molecular formula is C16H21NO3S. The minimum absolute atomic E-state index is 0.0314. The van der Waals surface area contributed by atoms with Gasteiger partial charge in [0.25, 0.3) is 0 Å². The van der Waals surface area contributed by atoms with Crippen LogP contribution >= 0.6 is 11.3 Å². The van der Waals surface area contributed by atoms with Gasteiger partial charge in [-0.1, -0.05) is 13.0 Å². The van der Waals surface area contributed by atoms with Crippen molar-refractivity contribution in [3.8, 4) is 17.2 Å². The van der Waals surface area contributed by atoms with E-state index in [4.69, 9.17) is 14.2 Å². The normalized spacial score (nSPS) is 12.0. The number of hydrogen-bond donors (Lipinski definition) is 1. The van der Waals surface area contributed by atoms with E-state index in [0.29, 0.717) is 0 Å². The minimum atomic E-state index is -0.0314. The SMILES string of the molecule is CCNC(c1sccc1OC)c1c(OC)cccc1OC. The fourth-order valence-electron chi connectivity index (χ4n) is 2.38. The number of rotatable bonds is 7. The molecule has 1 N–H and O–H groups in total. The van der Waals surface area contributed by atoms with E-state index >= 15 is 0 Å². The number of hydrogen-bond acceptors (Lipinski definition) is 5. The topological polar surface area (TPSA) is 39.7 Å². The molecule has 0 radical (unpaired) electrons.